The summed E-state index contributed by atoms with van der Waals surface area (Å²) >= 11 is 3.36. The summed E-state index contributed by atoms with van der Waals surface area (Å²) in [6.45, 7) is 4.89. The second-order valence-corrected chi connectivity index (χ2v) is 6.93. The Balaban J connectivity index is 1.82. The molecule has 2 heterocycles. The van der Waals surface area contributed by atoms with Gasteiger partial charge in [-0.25, -0.2) is 4.39 Å². The Kier molecular flexibility index (Phi) is 4.31. The number of nitrogens with zero attached hydrogens (tertiary/aromatic N) is 2. The monoisotopic (exact) mass is 354 g/mol. The first-order chi connectivity index (χ1) is 10.1. The van der Waals surface area contributed by atoms with Crippen LogP contribution in [0.5, 0.6) is 0 Å². The molecule has 0 radical (unpaired) electrons. The molecule has 0 spiro atoms. The van der Waals surface area contributed by atoms with Crippen molar-refractivity contribution < 1.29 is 9.18 Å². The molecule has 1 amide bonds. The fourth-order valence-corrected chi connectivity index (χ4v) is 3.87. The lowest BCUT2D eigenvalue weighted by Gasteiger charge is -2.47. The van der Waals surface area contributed by atoms with Gasteiger partial charge in [-0.3, -0.25) is 9.69 Å². The lowest BCUT2D eigenvalue weighted by Crippen LogP contribution is -2.60. The lowest BCUT2D eigenvalue weighted by atomic mass is 9.96. The van der Waals surface area contributed by atoms with E-state index in [-0.39, 0.29) is 17.8 Å². The van der Waals surface area contributed by atoms with E-state index in [0.29, 0.717) is 16.1 Å². The number of hydrogen-bond donors (Lipinski definition) is 0. The van der Waals surface area contributed by atoms with E-state index in [1.807, 2.05) is 4.90 Å². The zero-order valence-electron chi connectivity index (χ0n) is 12.2. The maximum Gasteiger partial charge on any atom is 0.255 e. The smallest absolute Gasteiger partial charge is 0.255 e. The predicted molar refractivity (Wildman–Crippen MR) is 83.8 cm³/mol. The highest BCUT2D eigenvalue weighted by Crippen LogP contribution is 2.27. The van der Waals surface area contributed by atoms with Gasteiger partial charge in [0.2, 0.25) is 0 Å². The van der Waals surface area contributed by atoms with Crippen LogP contribution in [-0.2, 0) is 0 Å². The summed E-state index contributed by atoms with van der Waals surface area (Å²) in [7, 11) is 0. The second-order valence-electron chi connectivity index (χ2n) is 6.08. The topological polar surface area (TPSA) is 23.6 Å². The molecule has 2 aliphatic heterocycles. The Bertz CT molecular complexity index is 551. The van der Waals surface area contributed by atoms with Crippen LogP contribution in [0.1, 0.15) is 36.5 Å². The van der Waals surface area contributed by atoms with E-state index >= 15 is 0 Å². The molecule has 114 valence electrons. The van der Waals surface area contributed by atoms with Gasteiger partial charge in [0.1, 0.15) is 5.82 Å². The number of piperidine rings is 1. The zero-order chi connectivity index (χ0) is 15.0. The molecule has 1 aromatic rings. The predicted octanol–water partition coefficient (Wildman–Crippen LogP) is 3.29. The van der Waals surface area contributed by atoms with E-state index in [2.05, 4.69) is 27.8 Å². The summed E-state index contributed by atoms with van der Waals surface area (Å²) in [5, 5.41) is 0. The third-order valence-corrected chi connectivity index (χ3v) is 5.30. The molecular formula is C16H20BrFN2O. The zero-order valence-corrected chi connectivity index (χ0v) is 13.8. The highest BCUT2D eigenvalue weighted by Gasteiger charge is 2.35. The van der Waals surface area contributed by atoms with Crippen molar-refractivity contribution in [2.24, 2.45) is 0 Å². The lowest BCUT2D eigenvalue weighted by molar-refractivity contribution is 0.0151. The van der Waals surface area contributed by atoms with Crippen molar-refractivity contribution in [3.8, 4) is 0 Å². The van der Waals surface area contributed by atoms with Crippen LogP contribution < -0.4 is 0 Å². The summed E-state index contributed by atoms with van der Waals surface area (Å²) in [6, 6.07) is 4.92. The quantitative estimate of drug-likeness (QED) is 0.772. The molecule has 0 bridgehead atoms. The van der Waals surface area contributed by atoms with Gasteiger partial charge >= 0.3 is 0 Å². The van der Waals surface area contributed by atoms with Crippen LogP contribution in [0.2, 0.25) is 0 Å². The van der Waals surface area contributed by atoms with Crippen molar-refractivity contribution in [3.05, 3.63) is 34.1 Å². The van der Waals surface area contributed by atoms with Crippen molar-refractivity contribution in [2.75, 3.05) is 19.6 Å². The summed E-state index contributed by atoms with van der Waals surface area (Å²) in [5.41, 5.74) is 0.422. The van der Waals surface area contributed by atoms with E-state index in [4.69, 9.17) is 0 Å². The van der Waals surface area contributed by atoms with Crippen molar-refractivity contribution in [2.45, 2.75) is 38.3 Å². The molecule has 2 fully saturated rings. The third kappa shape index (κ3) is 2.99. The summed E-state index contributed by atoms with van der Waals surface area (Å²) in [4.78, 5) is 17.2. The van der Waals surface area contributed by atoms with E-state index in [9.17, 15) is 9.18 Å². The van der Waals surface area contributed by atoms with E-state index in [1.165, 1.54) is 25.0 Å². The molecule has 3 nitrogen and oxygen atoms in total. The standard InChI is InChI=1S/C16H20BrFN2O/c1-11-9-19-7-3-2-4-13(19)10-20(11)16(21)14-8-12(18)5-6-15(14)17/h5-6,8,11,13H,2-4,7,9-10H2,1H3. The van der Waals surface area contributed by atoms with Gasteiger partial charge in [0, 0.05) is 29.6 Å². The SMILES string of the molecule is CC1CN2CCCCC2CN1C(=O)c1cc(F)ccc1Br. The average molecular weight is 355 g/mol. The molecule has 3 rings (SSSR count). The molecule has 2 atom stereocenters. The van der Waals surface area contributed by atoms with E-state index in [0.717, 1.165) is 26.1 Å². The van der Waals surface area contributed by atoms with Crippen LogP contribution in [0.15, 0.2) is 22.7 Å². The van der Waals surface area contributed by atoms with E-state index in [1.54, 1.807) is 6.07 Å². The Morgan fingerprint density at radius 2 is 2.14 bits per heavy atom. The van der Waals surface area contributed by atoms with Crippen LogP contribution in [0.4, 0.5) is 4.39 Å². The second kappa shape index (κ2) is 6.05. The van der Waals surface area contributed by atoms with Crippen LogP contribution in [0, 0.1) is 5.82 Å². The van der Waals surface area contributed by atoms with Gasteiger partial charge < -0.3 is 4.90 Å². The van der Waals surface area contributed by atoms with Crippen molar-refractivity contribution in [1.29, 1.82) is 0 Å². The minimum Gasteiger partial charge on any atom is -0.333 e. The highest BCUT2D eigenvalue weighted by atomic mass is 79.9. The minimum absolute atomic E-state index is 0.0703. The highest BCUT2D eigenvalue weighted by molar-refractivity contribution is 9.10. The van der Waals surface area contributed by atoms with Crippen molar-refractivity contribution in [1.82, 2.24) is 9.80 Å². The number of rotatable bonds is 1. The molecule has 5 heteroatoms. The van der Waals surface area contributed by atoms with Gasteiger partial charge in [0.05, 0.1) is 5.56 Å². The van der Waals surface area contributed by atoms with Crippen molar-refractivity contribution >= 4 is 21.8 Å². The molecule has 2 saturated heterocycles. The fraction of sp³-hybridized carbons (Fsp3) is 0.562. The molecule has 1 aromatic carbocycles. The average Bonchev–Trinajstić information content (AvgIpc) is 2.48. The first-order valence-electron chi connectivity index (χ1n) is 7.56. The minimum atomic E-state index is -0.370. The number of halogens is 2. The number of hydrogen-bond acceptors (Lipinski definition) is 2. The maximum atomic E-state index is 13.4. The Morgan fingerprint density at radius 3 is 2.95 bits per heavy atom. The Labute approximate surface area is 133 Å². The molecule has 21 heavy (non-hydrogen) atoms. The normalized spacial score (nSPS) is 26.5. The van der Waals surface area contributed by atoms with Gasteiger partial charge in [0.15, 0.2) is 0 Å². The first-order valence-corrected chi connectivity index (χ1v) is 8.35. The van der Waals surface area contributed by atoms with E-state index < -0.39 is 0 Å². The van der Waals surface area contributed by atoms with Gasteiger partial charge in [-0.1, -0.05) is 6.42 Å². The van der Waals surface area contributed by atoms with Gasteiger partial charge in [0.25, 0.3) is 5.91 Å². The maximum absolute atomic E-state index is 13.4. The molecule has 2 unspecified atom stereocenters. The van der Waals surface area contributed by atoms with Crippen LogP contribution in [-0.4, -0.2) is 47.4 Å². The van der Waals surface area contributed by atoms with Crippen LogP contribution in [0.3, 0.4) is 0 Å². The number of carbonyl (C=O) groups is 1. The number of fused-ring (bicyclic) bond motifs is 1. The first kappa shape index (κ1) is 15.0. The van der Waals surface area contributed by atoms with Gasteiger partial charge in [-0.2, -0.15) is 0 Å². The van der Waals surface area contributed by atoms with Crippen molar-refractivity contribution in [3.63, 3.8) is 0 Å². The Hall–Kier alpha value is -0.940. The van der Waals surface area contributed by atoms with Crippen LogP contribution >= 0.6 is 15.9 Å². The fourth-order valence-electron chi connectivity index (χ4n) is 3.45. The molecule has 0 N–H and O–H groups in total. The number of piperazine rings is 1. The summed E-state index contributed by atoms with van der Waals surface area (Å²) in [6.07, 6.45) is 3.65. The molecule has 0 aliphatic carbocycles. The molecular weight excluding hydrogens is 335 g/mol. The molecule has 0 saturated carbocycles. The summed E-state index contributed by atoms with van der Waals surface area (Å²) < 4.78 is 14.1. The molecule has 0 aromatic heterocycles. The number of benzene rings is 1. The Morgan fingerprint density at radius 1 is 1.33 bits per heavy atom. The summed E-state index contributed by atoms with van der Waals surface area (Å²) in [5.74, 6) is -0.440. The van der Waals surface area contributed by atoms with Gasteiger partial charge in [-0.15, -0.1) is 0 Å². The number of amides is 1. The number of carbonyl (C=O) groups excluding carboxylic acids is 1. The van der Waals surface area contributed by atoms with Gasteiger partial charge in [-0.05, 0) is 60.4 Å². The van der Waals surface area contributed by atoms with Crippen LogP contribution in [0.25, 0.3) is 0 Å². The molecule has 2 aliphatic rings. The third-order valence-electron chi connectivity index (χ3n) is 4.61. The largest absolute Gasteiger partial charge is 0.333 e.